The fourth-order valence-corrected chi connectivity index (χ4v) is 2.59. The second kappa shape index (κ2) is 7.38. The van der Waals surface area contributed by atoms with Crippen molar-refractivity contribution in [1.29, 1.82) is 0 Å². The number of nitrogens with one attached hydrogen (secondary N) is 1. The minimum atomic E-state index is -3.01. The third-order valence-corrected chi connectivity index (χ3v) is 3.74. The molecule has 26 heavy (non-hydrogen) atoms. The largest absolute Gasteiger partial charge is 0.482 e. The van der Waals surface area contributed by atoms with Gasteiger partial charge in [0.05, 0.1) is 11.4 Å². The van der Waals surface area contributed by atoms with E-state index < -0.39 is 12.5 Å². The summed E-state index contributed by atoms with van der Waals surface area (Å²) in [6, 6.07) is 11.2. The molecule has 0 aromatic heterocycles. The normalized spacial score (nSPS) is 13.2. The number of alkyl halides is 2. The molecule has 2 amide bonds. The highest BCUT2D eigenvalue weighted by Gasteiger charge is 2.27. The maximum Gasteiger partial charge on any atom is 0.387 e. The van der Waals surface area contributed by atoms with Gasteiger partial charge in [0.25, 0.3) is 5.91 Å². The number of amides is 2. The molecular formula is C18H16F2N2O4. The Kier molecular flexibility index (Phi) is 5.01. The number of rotatable bonds is 5. The first kappa shape index (κ1) is 17.7. The van der Waals surface area contributed by atoms with Gasteiger partial charge < -0.3 is 14.8 Å². The van der Waals surface area contributed by atoms with Crippen LogP contribution in [0.1, 0.15) is 5.56 Å². The van der Waals surface area contributed by atoms with E-state index in [1.54, 1.807) is 18.2 Å². The van der Waals surface area contributed by atoms with E-state index in [1.807, 2.05) is 13.0 Å². The molecule has 0 aliphatic carbocycles. The fourth-order valence-electron chi connectivity index (χ4n) is 2.59. The van der Waals surface area contributed by atoms with Crippen molar-refractivity contribution in [3.05, 3.63) is 48.0 Å². The quantitative estimate of drug-likeness (QED) is 0.888. The second-order valence-corrected chi connectivity index (χ2v) is 5.66. The van der Waals surface area contributed by atoms with E-state index in [4.69, 9.17) is 4.74 Å². The lowest BCUT2D eigenvalue weighted by molar-refractivity contribution is -0.123. The van der Waals surface area contributed by atoms with Gasteiger partial charge in [-0.3, -0.25) is 14.5 Å². The molecule has 6 nitrogen and oxygen atoms in total. The highest BCUT2D eigenvalue weighted by molar-refractivity contribution is 6.05. The Morgan fingerprint density at radius 1 is 1.31 bits per heavy atom. The topological polar surface area (TPSA) is 67.9 Å². The first-order chi connectivity index (χ1) is 12.4. The summed E-state index contributed by atoms with van der Waals surface area (Å²) < 4.78 is 34.7. The number of carbonyl (C=O) groups excluding carboxylic acids is 2. The molecule has 1 aliphatic heterocycles. The van der Waals surface area contributed by atoms with Gasteiger partial charge in [0.2, 0.25) is 5.91 Å². The van der Waals surface area contributed by atoms with E-state index in [-0.39, 0.29) is 30.5 Å². The molecule has 0 fully saturated rings. The van der Waals surface area contributed by atoms with E-state index in [9.17, 15) is 18.4 Å². The third kappa shape index (κ3) is 3.90. The van der Waals surface area contributed by atoms with Gasteiger partial charge in [-0.1, -0.05) is 18.2 Å². The maximum atomic E-state index is 12.5. The lowest BCUT2D eigenvalue weighted by atomic mass is 10.1. The Labute approximate surface area is 148 Å². The van der Waals surface area contributed by atoms with Crippen LogP contribution in [0.15, 0.2) is 42.5 Å². The average Bonchev–Trinajstić information content (AvgIpc) is 2.59. The molecule has 1 N–H and O–H groups in total. The van der Waals surface area contributed by atoms with Crippen molar-refractivity contribution in [2.75, 3.05) is 23.4 Å². The fraction of sp³-hybridized carbons (Fsp3) is 0.222. The zero-order valence-electron chi connectivity index (χ0n) is 13.9. The highest BCUT2D eigenvalue weighted by atomic mass is 19.3. The zero-order valence-corrected chi connectivity index (χ0v) is 13.9. The van der Waals surface area contributed by atoms with Gasteiger partial charge in [0.1, 0.15) is 18.0 Å². The van der Waals surface area contributed by atoms with Crippen LogP contribution >= 0.6 is 0 Å². The van der Waals surface area contributed by atoms with Crippen molar-refractivity contribution in [2.24, 2.45) is 0 Å². The Morgan fingerprint density at radius 2 is 2.08 bits per heavy atom. The number of aryl methyl sites for hydroxylation is 1. The molecule has 0 saturated carbocycles. The summed E-state index contributed by atoms with van der Waals surface area (Å²) in [6.45, 7) is -1.60. The lowest BCUT2D eigenvalue weighted by Crippen LogP contribution is -2.43. The summed E-state index contributed by atoms with van der Waals surface area (Å²) in [4.78, 5) is 25.8. The number of hydrogen-bond acceptors (Lipinski definition) is 4. The summed E-state index contributed by atoms with van der Waals surface area (Å²) in [5.74, 6) is -0.557. The molecular weight excluding hydrogens is 346 g/mol. The molecule has 1 heterocycles. The number of ether oxygens (including phenoxy) is 2. The SMILES string of the molecule is Cc1ccc2c(c1)N(CC(=O)Nc1ccccc1OC(F)F)C(=O)CO2. The molecule has 0 saturated heterocycles. The molecule has 0 spiro atoms. The average molecular weight is 362 g/mol. The first-order valence-electron chi connectivity index (χ1n) is 7.81. The van der Waals surface area contributed by atoms with Crippen LogP contribution in [0, 0.1) is 6.92 Å². The number of halogens is 2. The Bertz CT molecular complexity index is 842. The monoisotopic (exact) mass is 362 g/mol. The molecule has 1 aliphatic rings. The molecule has 8 heteroatoms. The summed E-state index contributed by atoms with van der Waals surface area (Å²) in [7, 11) is 0. The van der Waals surface area contributed by atoms with E-state index in [1.165, 1.54) is 23.1 Å². The molecule has 2 aromatic rings. The third-order valence-electron chi connectivity index (χ3n) is 3.74. The predicted molar refractivity (Wildman–Crippen MR) is 90.7 cm³/mol. The van der Waals surface area contributed by atoms with Crippen LogP contribution in [0.25, 0.3) is 0 Å². The van der Waals surface area contributed by atoms with E-state index >= 15 is 0 Å². The van der Waals surface area contributed by atoms with Crippen molar-refractivity contribution >= 4 is 23.2 Å². The van der Waals surface area contributed by atoms with E-state index in [2.05, 4.69) is 10.1 Å². The molecule has 3 rings (SSSR count). The van der Waals surface area contributed by atoms with Crippen LogP contribution in [0.2, 0.25) is 0 Å². The van der Waals surface area contributed by atoms with Gasteiger partial charge in [0.15, 0.2) is 6.61 Å². The smallest absolute Gasteiger partial charge is 0.387 e. The van der Waals surface area contributed by atoms with Crippen LogP contribution in [0.3, 0.4) is 0 Å². The summed E-state index contributed by atoms with van der Waals surface area (Å²) >= 11 is 0. The van der Waals surface area contributed by atoms with Gasteiger partial charge in [-0.25, -0.2) is 0 Å². The van der Waals surface area contributed by atoms with Crippen LogP contribution in [0.4, 0.5) is 20.2 Å². The Morgan fingerprint density at radius 3 is 2.85 bits per heavy atom. The number of carbonyl (C=O) groups is 2. The number of fused-ring (bicyclic) bond motifs is 1. The van der Waals surface area contributed by atoms with Crippen molar-refractivity contribution in [3.63, 3.8) is 0 Å². The van der Waals surface area contributed by atoms with Gasteiger partial charge in [-0.2, -0.15) is 8.78 Å². The number of hydrogen-bond donors (Lipinski definition) is 1. The summed E-state index contributed by atoms with van der Waals surface area (Å²) in [5.41, 5.74) is 1.50. The standard InChI is InChI=1S/C18H16F2N2O4/c1-11-6-7-15-13(8-11)22(17(24)10-25-15)9-16(23)21-12-4-2-3-5-14(12)26-18(19)20/h2-8,18H,9-10H2,1H3,(H,21,23). The van der Waals surface area contributed by atoms with E-state index in [0.29, 0.717) is 11.4 Å². The lowest BCUT2D eigenvalue weighted by Gasteiger charge is -2.29. The van der Waals surface area contributed by atoms with Crippen LogP contribution in [-0.4, -0.2) is 31.6 Å². The number of benzene rings is 2. The van der Waals surface area contributed by atoms with Crippen LogP contribution in [0.5, 0.6) is 11.5 Å². The molecule has 0 atom stereocenters. The molecule has 2 aromatic carbocycles. The van der Waals surface area contributed by atoms with Crippen molar-refractivity contribution in [3.8, 4) is 11.5 Å². The van der Waals surface area contributed by atoms with Crippen molar-refractivity contribution in [2.45, 2.75) is 13.5 Å². The number of nitrogens with zero attached hydrogens (tertiary/aromatic N) is 1. The Balaban J connectivity index is 1.77. The van der Waals surface area contributed by atoms with Crippen molar-refractivity contribution in [1.82, 2.24) is 0 Å². The summed E-state index contributed by atoms with van der Waals surface area (Å²) in [5, 5.41) is 2.50. The predicted octanol–water partition coefficient (Wildman–Crippen LogP) is 2.96. The number of anilines is 2. The molecule has 0 bridgehead atoms. The Hall–Kier alpha value is -3.16. The van der Waals surface area contributed by atoms with Gasteiger partial charge in [-0.15, -0.1) is 0 Å². The van der Waals surface area contributed by atoms with Crippen LogP contribution < -0.4 is 19.7 Å². The number of para-hydroxylation sites is 2. The van der Waals surface area contributed by atoms with Crippen molar-refractivity contribution < 1.29 is 27.8 Å². The maximum absolute atomic E-state index is 12.5. The van der Waals surface area contributed by atoms with E-state index in [0.717, 1.165) is 5.56 Å². The first-order valence-corrected chi connectivity index (χ1v) is 7.81. The molecule has 136 valence electrons. The van der Waals surface area contributed by atoms with Crippen LogP contribution in [-0.2, 0) is 9.59 Å². The minimum absolute atomic E-state index is 0.1000. The molecule has 0 unspecified atom stereocenters. The second-order valence-electron chi connectivity index (χ2n) is 5.66. The highest BCUT2D eigenvalue weighted by Crippen LogP contribution is 2.33. The van der Waals surface area contributed by atoms with Gasteiger partial charge >= 0.3 is 6.61 Å². The van der Waals surface area contributed by atoms with Gasteiger partial charge in [0, 0.05) is 0 Å². The van der Waals surface area contributed by atoms with Gasteiger partial charge in [-0.05, 0) is 36.8 Å². The molecule has 0 radical (unpaired) electrons. The minimum Gasteiger partial charge on any atom is -0.482 e. The summed E-state index contributed by atoms with van der Waals surface area (Å²) in [6.07, 6.45) is 0. The zero-order chi connectivity index (χ0) is 18.7.